The number of aliphatic hydroxyl groups is 2. The van der Waals surface area contributed by atoms with Gasteiger partial charge in [0.25, 0.3) is 0 Å². The smallest absolute Gasteiger partial charge is 0.328 e. The van der Waals surface area contributed by atoms with Gasteiger partial charge in [-0.25, -0.2) is 9.59 Å². The number of nitrogens with zero attached hydrogens (tertiary/aromatic N) is 1. The third-order valence-corrected chi connectivity index (χ3v) is 3.24. The van der Waals surface area contributed by atoms with Crippen molar-refractivity contribution in [3.63, 3.8) is 0 Å². The van der Waals surface area contributed by atoms with E-state index in [0.29, 0.717) is 0 Å². The molecule has 0 aliphatic heterocycles. The zero-order valence-corrected chi connectivity index (χ0v) is 13.2. The van der Waals surface area contributed by atoms with Crippen LogP contribution < -0.4 is 22.1 Å². The van der Waals surface area contributed by atoms with Gasteiger partial charge in [-0.15, -0.1) is 0 Å². The highest BCUT2D eigenvalue weighted by atomic mass is 16.5. The molecule has 25 heavy (non-hydrogen) atoms. The maximum atomic E-state index is 11.9. The van der Waals surface area contributed by atoms with Crippen LogP contribution in [0, 0.1) is 0 Å². The number of hydrogen-bond donors (Lipinski definition) is 7. The summed E-state index contributed by atoms with van der Waals surface area (Å²) in [6, 6.07) is -2.63. The summed E-state index contributed by atoms with van der Waals surface area (Å²) in [4.78, 5) is 33.7. The van der Waals surface area contributed by atoms with Crippen molar-refractivity contribution >= 4 is 17.9 Å². The Hall–Kier alpha value is -2.70. The number of primary amides is 1. The van der Waals surface area contributed by atoms with Crippen molar-refractivity contribution in [2.75, 3.05) is 13.2 Å². The van der Waals surface area contributed by atoms with Crippen LogP contribution in [-0.4, -0.2) is 57.6 Å². The van der Waals surface area contributed by atoms with E-state index in [1.165, 1.54) is 6.07 Å². The van der Waals surface area contributed by atoms with Crippen LogP contribution in [-0.2, 0) is 9.59 Å². The van der Waals surface area contributed by atoms with Gasteiger partial charge in [0.15, 0.2) is 11.8 Å². The fourth-order valence-corrected chi connectivity index (χ4v) is 1.86. The van der Waals surface area contributed by atoms with Crippen molar-refractivity contribution in [1.82, 2.24) is 15.8 Å². The average Bonchev–Trinajstić information content (AvgIpc) is 3.05. The van der Waals surface area contributed by atoms with Crippen LogP contribution in [0.1, 0.15) is 36.4 Å². The first-order valence-corrected chi connectivity index (χ1v) is 7.30. The second-order valence-corrected chi connectivity index (χ2v) is 5.19. The summed E-state index contributed by atoms with van der Waals surface area (Å²) >= 11 is 0. The van der Waals surface area contributed by atoms with Crippen molar-refractivity contribution in [2.24, 2.45) is 11.5 Å². The molecule has 3 unspecified atom stereocenters. The van der Waals surface area contributed by atoms with Gasteiger partial charge in [-0.05, 0) is 6.42 Å². The molecule has 1 aromatic heterocycles. The highest BCUT2D eigenvalue weighted by molar-refractivity contribution is 5.82. The summed E-state index contributed by atoms with van der Waals surface area (Å²) in [6.07, 6.45) is -0.0124. The Morgan fingerprint density at radius 3 is 2.44 bits per heavy atom. The zero-order chi connectivity index (χ0) is 19.0. The van der Waals surface area contributed by atoms with Gasteiger partial charge in [0.05, 0.1) is 25.3 Å². The number of nitrogens with two attached hydrogens (primary N) is 2. The molecule has 0 spiro atoms. The highest BCUT2D eigenvalue weighted by Crippen LogP contribution is 2.21. The molecule has 12 nitrogen and oxygen atoms in total. The molecule has 140 valence electrons. The fraction of sp³-hybridized carbons (Fsp3) is 0.538. The quantitative estimate of drug-likeness (QED) is 0.239. The molecule has 0 aliphatic rings. The molecule has 9 N–H and O–H groups in total. The number of nitrogens with one attached hydrogen (secondary N) is 2. The molecule has 0 radical (unpaired) electrons. The van der Waals surface area contributed by atoms with Gasteiger partial charge in [-0.1, -0.05) is 5.16 Å². The molecule has 1 aromatic rings. The first-order chi connectivity index (χ1) is 11.8. The Kier molecular flexibility index (Phi) is 7.78. The Balaban J connectivity index is 2.85. The van der Waals surface area contributed by atoms with E-state index in [1.807, 2.05) is 0 Å². The first kappa shape index (κ1) is 20.3. The van der Waals surface area contributed by atoms with E-state index >= 15 is 0 Å². The number of carbonyl (C=O) groups excluding carboxylic acids is 2. The standard InChI is InChI=1S/C13H21N5O7/c14-6(4-19)10-3-8(18-25-10)7(1-2-11(15)21)16-13(24)17-9(5-20)12(22)23/h3,6-7,9,19-20H,1-2,4-5,14H2,(H2,15,21)(H,22,23)(H2,16,17,24). The van der Waals surface area contributed by atoms with Crippen LogP contribution in [0.25, 0.3) is 0 Å². The minimum Gasteiger partial charge on any atom is -0.480 e. The number of hydrogen-bond acceptors (Lipinski definition) is 8. The number of aliphatic hydroxyl groups excluding tert-OH is 2. The summed E-state index contributed by atoms with van der Waals surface area (Å²) in [5, 5.41) is 34.9. The average molecular weight is 359 g/mol. The minimum atomic E-state index is -1.49. The topological polar surface area (TPSA) is 214 Å². The Bertz CT molecular complexity index is 605. The Morgan fingerprint density at radius 1 is 1.24 bits per heavy atom. The van der Waals surface area contributed by atoms with Crippen molar-refractivity contribution in [1.29, 1.82) is 0 Å². The van der Waals surface area contributed by atoms with E-state index in [2.05, 4.69) is 15.8 Å². The largest absolute Gasteiger partial charge is 0.480 e. The molecule has 3 atom stereocenters. The lowest BCUT2D eigenvalue weighted by Gasteiger charge is -2.18. The van der Waals surface area contributed by atoms with Crippen LogP contribution >= 0.6 is 0 Å². The van der Waals surface area contributed by atoms with Gasteiger partial charge in [-0.2, -0.15) is 0 Å². The highest BCUT2D eigenvalue weighted by Gasteiger charge is 2.24. The zero-order valence-electron chi connectivity index (χ0n) is 13.2. The van der Waals surface area contributed by atoms with E-state index in [9.17, 15) is 14.4 Å². The van der Waals surface area contributed by atoms with Gasteiger partial charge in [0, 0.05) is 12.5 Å². The van der Waals surface area contributed by atoms with E-state index in [0.717, 1.165) is 0 Å². The number of amides is 3. The van der Waals surface area contributed by atoms with Crippen LogP contribution in [0.3, 0.4) is 0 Å². The maximum absolute atomic E-state index is 11.9. The van der Waals surface area contributed by atoms with Crippen LogP contribution in [0.5, 0.6) is 0 Å². The minimum absolute atomic E-state index is 0.0694. The summed E-state index contributed by atoms with van der Waals surface area (Å²) in [6.45, 7) is -1.18. The normalized spacial score (nSPS) is 14.4. The van der Waals surface area contributed by atoms with Gasteiger partial charge in [0.1, 0.15) is 5.69 Å². The third-order valence-electron chi connectivity index (χ3n) is 3.24. The predicted molar refractivity (Wildman–Crippen MR) is 81.9 cm³/mol. The van der Waals surface area contributed by atoms with Gasteiger partial charge in [-0.3, -0.25) is 4.79 Å². The number of carboxylic acid groups (broad SMARTS) is 1. The molecule has 0 saturated carbocycles. The lowest BCUT2D eigenvalue weighted by atomic mass is 10.1. The molecule has 0 bridgehead atoms. The molecular weight excluding hydrogens is 338 g/mol. The van der Waals surface area contributed by atoms with E-state index in [4.69, 9.17) is 31.3 Å². The number of aromatic nitrogens is 1. The van der Waals surface area contributed by atoms with Crippen LogP contribution in [0.2, 0.25) is 0 Å². The summed E-state index contributed by atoms with van der Waals surface area (Å²) in [5.74, 6) is -1.85. The lowest BCUT2D eigenvalue weighted by Crippen LogP contribution is -2.48. The second-order valence-electron chi connectivity index (χ2n) is 5.19. The van der Waals surface area contributed by atoms with E-state index in [-0.39, 0.29) is 30.9 Å². The lowest BCUT2D eigenvalue weighted by molar-refractivity contribution is -0.140. The molecule has 12 heteroatoms. The summed E-state index contributed by atoms with van der Waals surface area (Å²) in [5.41, 5.74) is 10.9. The second kappa shape index (κ2) is 9.56. The monoisotopic (exact) mass is 359 g/mol. The number of carbonyl (C=O) groups is 3. The molecule has 0 aromatic carbocycles. The number of aliphatic carboxylic acids is 1. The molecule has 0 fully saturated rings. The van der Waals surface area contributed by atoms with Crippen molar-refractivity contribution in [3.05, 3.63) is 17.5 Å². The summed E-state index contributed by atoms with van der Waals surface area (Å²) in [7, 11) is 0. The number of carboxylic acids is 1. The maximum Gasteiger partial charge on any atom is 0.328 e. The Morgan fingerprint density at radius 2 is 1.92 bits per heavy atom. The fourth-order valence-electron chi connectivity index (χ4n) is 1.86. The molecular formula is C13H21N5O7. The van der Waals surface area contributed by atoms with E-state index in [1.54, 1.807) is 0 Å². The molecule has 0 saturated heterocycles. The van der Waals surface area contributed by atoms with Crippen molar-refractivity contribution in [2.45, 2.75) is 31.0 Å². The Labute approximate surface area is 142 Å². The van der Waals surface area contributed by atoms with Crippen LogP contribution in [0.15, 0.2) is 10.6 Å². The summed E-state index contributed by atoms with van der Waals surface area (Å²) < 4.78 is 4.97. The van der Waals surface area contributed by atoms with Crippen LogP contribution in [0.4, 0.5) is 4.79 Å². The third kappa shape index (κ3) is 6.37. The molecule has 3 amide bonds. The molecule has 1 rings (SSSR count). The van der Waals surface area contributed by atoms with Gasteiger partial charge >= 0.3 is 12.0 Å². The van der Waals surface area contributed by atoms with Gasteiger partial charge in [0.2, 0.25) is 5.91 Å². The number of rotatable bonds is 10. The van der Waals surface area contributed by atoms with Gasteiger partial charge < -0.3 is 41.9 Å². The molecule has 0 aliphatic carbocycles. The first-order valence-electron chi connectivity index (χ1n) is 7.30. The van der Waals surface area contributed by atoms with E-state index < -0.39 is 42.6 Å². The molecule has 1 heterocycles. The van der Waals surface area contributed by atoms with Crippen molar-refractivity contribution in [3.8, 4) is 0 Å². The van der Waals surface area contributed by atoms with Crippen molar-refractivity contribution < 1.29 is 34.2 Å². The number of urea groups is 1. The SMILES string of the molecule is NC(=O)CCC(NC(=O)NC(CO)C(=O)O)c1cc(C(N)CO)on1. The predicted octanol–water partition coefficient (Wildman–Crippen LogP) is -2.28.